The van der Waals surface area contributed by atoms with Gasteiger partial charge in [-0.15, -0.1) is 0 Å². The average molecular weight is 287 g/mol. The van der Waals surface area contributed by atoms with E-state index in [0.717, 1.165) is 12.0 Å². The molecule has 0 spiro atoms. The number of halogens is 1. The van der Waals surface area contributed by atoms with E-state index < -0.39 is 11.7 Å². The van der Waals surface area contributed by atoms with Crippen LogP contribution in [-0.2, 0) is 6.42 Å². The van der Waals surface area contributed by atoms with Crippen LogP contribution in [0.4, 0.5) is 10.1 Å². The van der Waals surface area contributed by atoms with Crippen LogP contribution in [0.1, 0.15) is 27.9 Å². The number of hydrogen-bond acceptors (Lipinski definition) is 2. The van der Waals surface area contributed by atoms with Gasteiger partial charge in [0.1, 0.15) is 5.82 Å². The molecule has 0 saturated heterocycles. The molecule has 0 unspecified atom stereocenters. The van der Waals surface area contributed by atoms with Crippen LogP contribution < -0.4 is 5.32 Å². The van der Waals surface area contributed by atoms with Gasteiger partial charge in [-0.25, -0.2) is 4.39 Å². The summed E-state index contributed by atoms with van der Waals surface area (Å²) < 4.78 is 13.9. The van der Waals surface area contributed by atoms with Crippen LogP contribution in [0.25, 0.3) is 0 Å². The molecule has 0 aromatic heterocycles. The summed E-state index contributed by atoms with van der Waals surface area (Å²) >= 11 is 0. The van der Waals surface area contributed by atoms with E-state index >= 15 is 0 Å². The molecule has 0 atom stereocenters. The van der Waals surface area contributed by atoms with Crippen molar-refractivity contribution < 1.29 is 14.3 Å². The van der Waals surface area contributed by atoms with E-state index in [-0.39, 0.29) is 12.2 Å². The van der Waals surface area contributed by atoms with Crippen LogP contribution in [0.3, 0.4) is 0 Å². The molecule has 0 radical (unpaired) electrons. The van der Waals surface area contributed by atoms with Gasteiger partial charge >= 0.3 is 0 Å². The molecule has 3 nitrogen and oxygen atoms in total. The predicted molar refractivity (Wildman–Crippen MR) is 80.9 cm³/mol. The molecule has 0 aliphatic heterocycles. The highest BCUT2D eigenvalue weighted by Crippen LogP contribution is 2.16. The Labute approximate surface area is 123 Å². The average Bonchev–Trinajstić information content (AvgIpc) is 2.48. The smallest absolute Gasteiger partial charge is 0.258 e. The maximum atomic E-state index is 13.9. The van der Waals surface area contributed by atoms with E-state index in [4.69, 9.17) is 5.11 Å². The van der Waals surface area contributed by atoms with E-state index in [0.29, 0.717) is 17.7 Å². The number of carbonyl (C=O) groups excluding carboxylic acids is 1. The minimum absolute atomic E-state index is 0.0377. The van der Waals surface area contributed by atoms with Crippen LogP contribution in [0.15, 0.2) is 42.5 Å². The van der Waals surface area contributed by atoms with Crippen molar-refractivity contribution in [2.45, 2.75) is 19.8 Å². The molecule has 1 amide bonds. The van der Waals surface area contributed by atoms with Gasteiger partial charge in [0.2, 0.25) is 0 Å². The molecule has 0 saturated carbocycles. The number of anilines is 1. The Morgan fingerprint density at radius 2 is 2.00 bits per heavy atom. The molecular weight excluding hydrogens is 269 g/mol. The zero-order chi connectivity index (χ0) is 15.2. The number of rotatable bonds is 5. The number of amides is 1. The molecule has 110 valence electrons. The fourth-order valence-corrected chi connectivity index (χ4v) is 2.11. The number of nitrogens with one attached hydrogen (secondary N) is 1. The maximum absolute atomic E-state index is 13.9. The SMILES string of the molecule is Cc1cccc(C(=O)Nc2cccc(CCCO)c2)c1F. The van der Waals surface area contributed by atoms with Crippen LogP contribution in [0.5, 0.6) is 0 Å². The van der Waals surface area contributed by atoms with E-state index in [9.17, 15) is 9.18 Å². The van der Waals surface area contributed by atoms with Gasteiger partial charge in [-0.05, 0) is 49.1 Å². The molecule has 4 heteroatoms. The Kier molecular flexibility index (Phi) is 5.06. The van der Waals surface area contributed by atoms with Crippen molar-refractivity contribution in [2.75, 3.05) is 11.9 Å². The normalized spacial score (nSPS) is 10.4. The van der Waals surface area contributed by atoms with E-state index in [2.05, 4.69) is 5.32 Å². The van der Waals surface area contributed by atoms with Gasteiger partial charge in [0, 0.05) is 12.3 Å². The van der Waals surface area contributed by atoms with Gasteiger partial charge in [0.25, 0.3) is 5.91 Å². The molecule has 0 fully saturated rings. The Morgan fingerprint density at radius 1 is 1.24 bits per heavy atom. The second-order valence-electron chi connectivity index (χ2n) is 4.92. The van der Waals surface area contributed by atoms with Crippen molar-refractivity contribution in [2.24, 2.45) is 0 Å². The fraction of sp³-hybridized carbons (Fsp3) is 0.235. The second-order valence-corrected chi connectivity index (χ2v) is 4.92. The third-order valence-electron chi connectivity index (χ3n) is 3.24. The molecule has 21 heavy (non-hydrogen) atoms. The number of hydrogen-bond donors (Lipinski definition) is 2. The zero-order valence-electron chi connectivity index (χ0n) is 11.9. The maximum Gasteiger partial charge on any atom is 0.258 e. The quantitative estimate of drug-likeness (QED) is 0.886. The lowest BCUT2D eigenvalue weighted by Gasteiger charge is -2.09. The number of aliphatic hydroxyl groups excluding tert-OH is 1. The van der Waals surface area contributed by atoms with Crippen molar-refractivity contribution >= 4 is 11.6 Å². The highest BCUT2D eigenvalue weighted by molar-refractivity contribution is 6.04. The lowest BCUT2D eigenvalue weighted by atomic mass is 10.1. The van der Waals surface area contributed by atoms with Crippen LogP contribution in [0.2, 0.25) is 0 Å². The van der Waals surface area contributed by atoms with Crippen molar-refractivity contribution in [3.63, 3.8) is 0 Å². The Hall–Kier alpha value is -2.20. The first-order valence-corrected chi connectivity index (χ1v) is 6.88. The Bertz CT molecular complexity index is 640. The van der Waals surface area contributed by atoms with Crippen molar-refractivity contribution in [1.82, 2.24) is 0 Å². The van der Waals surface area contributed by atoms with E-state index in [1.54, 1.807) is 25.1 Å². The third kappa shape index (κ3) is 3.89. The number of carbonyl (C=O) groups is 1. The standard InChI is InChI=1S/C17H18FNO2/c1-12-5-2-9-15(16(12)18)17(21)19-14-8-3-6-13(11-14)7-4-10-20/h2-3,5-6,8-9,11,20H,4,7,10H2,1H3,(H,19,21). The largest absolute Gasteiger partial charge is 0.396 e. The summed E-state index contributed by atoms with van der Waals surface area (Å²) in [7, 11) is 0. The summed E-state index contributed by atoms with van der Waals surface area (Å²) in [5.74, 6) is -0.957. The first-order chi connectivity index (χ1) is 10.1. The van der Waals surface area contributed by atoms with Gasteiger partial charge in [0.15, 0.2) is 0 Å². The fourth-order valence-electron chi connectivity index (χ4n) is 2.11. The summed E-state index contributed by atoms with van der Waals surface area (Å²) in [4.78, 5) is 12.1. The number of aliphatic hydroxyl groups is 1. The molecule has 0 bridgehead atoms. The molecule has 0 aliphatic rings. The molecule has 2 N–H and O–H groups in total. The van der Waals surface area contributed by atoms with Gasteiger partial charge < -0.3 is 10.4 Å². The predicted octanol–water partition coefficient (Wildman–Crippen LogP) is 3.31. The van der Waals surface area contributed by atoms with Crippen LogP contribution in [-0.4, -0.2) is 17.6 Å². The topological polar surface area (TPSA) is 49.3 Å². The van der Waals surface area contributed by atoms with Gasteiger partial charge in [0.05, 0.1) is 5.56 Å². The molecular formula is C17H18FNO2. The molecule has 0 heterocycles. The van der Waals surface area contributed by atoms with E-state index in [1.165, 1.54) is 6.07 Å². The Morgan fingerprint density at radius 3 is 2.76 bits per heavy atom. The van der Waals surface area contributed by atoms with Gasteiger partial charge in [-0.1, -0.05) is 24.3 Å². The molecule has 0 aliphatic carbocycles. The summed E-state index contributed by atoms with van der Waals surface area (Å²) in [5.41, 5.74) is 2.12. The molecule has 2 aromatic carbocycles. The van der Waals surface area contributed by atoms with Crippen molar-refractivity contribution in [3.05, 3.63) is 65.0 Å². The molecule has 2 rings (SSSR count). The third-order valence-corrected chi connectivity index (χ3v) is 3.24. The summed E-state index contributed by atoms with van der Waals surface area (Å²) in [5, 5.41) is 11.5. The lowest BCUT2D eigenvalue weighted by Crippen LogP contribution is -2.14. The first kappa shape index (κ1) is 15.2. The van der Waals surface area contributed by atoms with Crippen LogP contribution in [0, 0.1) is 12.7 Å². The summed E-state index contributed by atoms with van der Waals surface area (Å²) in [6.45, 7) is 1.76. The highest BCUT2D eigenvalue weighted by Gasteiger charge is 2.13. The number of aryl methyl sites for hydroxylation is 2. The number of benzene rings is 2. The zero-order valence-corrected chi connectivity index (χ0v) is 11.9. The Balaban J connectivity index is 2.14. The summed E-state index contributed by atoms with van der Waals surface area (Å²) in [6, 6.07) is 12.1. The van der Waals surface area contributed by atoms with Crippen molar-refractivity contribution in [1.29, 1.82) is 0 Å². The summed E-state index contributed by atoms with van der Waals surface area (Å²) in [6.07, 6.45) is 1.41. The van der Waals surface area contributed by atoms with Crippen LogP contribution >= 0.6 is 0 Å². The van der Waals surface area contributed by atoms with Crippen molar-refractivity contribution in [3.8, 4) is 0 Å². The first-order valence-electron chi connectivity index (χ1n) is 6.88. The van der Waals surface area contributed by atoms with Gasteiger partial charge in [-0.2, -0.15) is 0 Å². The minimum atomic E-state index is -0.494. The molecule has 2 aromatic rings. The minimum Gasteiger partial charge on any atom is -0.396 e. The highest BCUT2D eigenvalue weighted by atomic mass is 19.1. The second kappa shape index (κ2) is 6.99. The van der Waals surface area contributed by atoms with Gasteiger partial charge in [-0.3, -0.25) is 4.79 Å². The lowest BCUT2D eigenvalue weighted by molar-refractivity contribution is 0.102. The van der Waals surface area contributed by atoms with E-state index in [1.807, 2.05) is 18.2 Å². The monoisotopic (exact) mass is 287 g/mol.